The van der Waals surface area contributed by atoms with Crippen molar-refractivity contribution in [2.45, 2.75) is 57.0 Å². The lowest BCUT2D eigenvalue weighted by molar-refractivity contribution is 0.151. The molecule has 2 aliphatic carbocycles. The van der Waals surface area contributed by atoms with Crippen molar-refractivity contribution in [1.29, 1.82) is 0 Å². The number of pyridine rings is 1. The molecule has 1 N–H and O–H groups in total. The van der Waals surface area contributed by atoms with E-state index >= 15 is 0 Å². The fourth-order valence-corrected chi connectivity index (χ4v) is 4.12. The van der Waals surface area contributed by atoms with Crippen LogP contribution in [0.25, 0.3) is 10.9 Å². The lowest BCUT2D eigenvalue weighted by atomic mass is 9.82. The van der Waals surface area contributed by atoms with Gasteiger partial charge in [0.25, 0.3) is 0 Å². The monoisotopic (exact) mass is 267 g/mol. The first-order valence-corrected chi connectivity index (χ1v) is 7.94. The SMILES string of the molecule is OC1CCCc2c1nc1ccccc1c2C1CCCC1. The van der Waals surface area contributed by atoms with Gasteiger partial charge in [-0.1, -0.05) is 31.0 Å². The number of rotatable bonds is 1. The number of hydrogen-bond acceptors (Lipinski definition) is 2. The molecule has 0 saturated heterocycles. The average molecular weight is 267 g/mol. The van der Waals surface area contributed by atoms with Gasteiger partial charge in [-0.15, -0.1) is 0 Å². The number of aliphatic hydroxyl groups is 1. The normalized spacial score (nSPS) is 23.1. The minimum absolute atomic E-state index is 0.358. The van der Waals surface area contributed by atoms with Gasteiger partial charge in [-0.25, -0.2) is 4.98 Å². The van der Waals surface area contributed by atoms with Gasteiger partial charge in [0.2, 0.25) is 0 Å². The van der Waals surface area contributed by atoms with Crippen molar-refractivity contribution in [2.24, 2.45) is 0 Å². The average Bonchev–Trinajstić information content (AvgIpc) is 2.99. The molecule has 2 nitrogen and oxygen atoms in total. The summed E-state index contributed by atoms with van der Waals surface area (Å²) in [6.07, 6.45) is 7.99. The van der Waals surface area contributed by atoms with Gasteiger partial charge in [0.15, 0.2) is 0 Å². The third kappa shape index (κ3) is 1.86. The molecular weight excluding hydrogens is 246 g/mol. The Balaban J connectivity index is 2.01. The number of aromatic nitrogens is 1. The highest BCUT2D eigenvalue weighted by Gasteiger charge is 2.28. The summed E-state index contributed by atoms with van der Waals surface area (Å²) in [6, 6.07) is 8.48. The molecule has 1 saturated carbocycles. The van der Waals surface area contributed by atoms with Crippen molar-refractivity contribution in [1.82, 2.24) is 4.98 Å². The van der Waals surface area contributed by atoms with Crippen molar-refractivity contribution >= 4 is 10.9 Å². The Morgan fingerprint density at radius 3 is 2.65 bits per heavy atom. The fourth-order valence-electron chi connectivity index (χ4n) is 4.12. The van der Waals surface area contributed by atoms with Crippen LogP contribution in [-0.2, 0) is 6.42 Å². The third-order valence-electron chi connectivity index (χ3n) is 5.05. The molecule has 2 aromatic rings. The predicted molar refractivity (Wildman–Crippen MR) is 80.8 cm³/mol. The van der Waals surface area contributed by atoms with E-state index in [0.29, 0.717) is 5.92 Å². The summed E-state index contributed by atoms with van der Waals surface area (Å²) < 4.78 is 0. The van der Waals surface area contributed by atoms with E-state index in [1.54, 1.807) is 0 Å². The number of para-hydroxylation sites is 1. The topological polar surface area (TPSA) is 33.1 Å². The quantitative estimate of drug-likeness (QED) is 0.837. The summed E-state index contributed by atoms with van der Waals surface area (Å²) in [7, 11) is 0. The van der Waals surface area contributed by atoms with Crippen molar-refractivity contribution in [2.75, 3.05) is 0 Å². The van der Waals surface area contributed by atoms with Crippen molar-refractivity contribution in [3.05, 3.63) is 41.1 Å². The fraction of sp³-hybridized carbons (Fsp3) is 0.500. The maximum Gasteiger partial charge on any atom is 0.0963 e. The first kappa shape index (κ1) is 12.3. The molecule has 1 heterocycles. The summed E-state index contributed by atoms with van der Waals surface area (Å²) in [5.74, 6) is 0.682. The van der Waals surface area contributed by atoms with Crippen LogP contribution in [0, 0.1) is 0 Å². The highest BCUT2D eigenvalue weighted by atomic mass is 16.3. The van der Waals surface area contributed by atoms with E-state index < -0.39 is 0 Å². The molecule has 104 valence electrons. The first-order chi connectivity index (χ1) is 9.84. The van der Waals surface area contributed by atoms with Crippen LogP contribution in [0.2, 0.25) is 0 Å². The van der Waals surface area contributed by atoms with Gasteiger partial charge in [0.1, 0.15) is 0 Å². The molecule has 0 spiro atoms. The first-order valence-electron chi connectivity index (χ1n) is 7.94. The van der Waals surface area contributed by atoms with E-state index in [-0.39, 0.29) is 6.10 Å². The van der Waals surface area contributed by atoms with Gasteiger partial charge in [0, 0.05) is 5.39 Å². The summed E-state index contributed by atoms with van der Waals surface area (Å²) >= 11 is 0. The minimum Gasteiger partial charge on any atom is -0.387 e. The number of aliphatic hydroxyl groups excluding tert-OH is 1. The lowest BCUT2D eigenvalue weighted by Crippen LogP contribution is -2.15. The zero-order chi connectivity index (χ0) is 13.5. The Morgan fingerprint density at radius 2 is 1.80 bits per heavy atom. The van der Waals surface area contributed by atoms with Crippen LogP contribution in [0.3, 0.4) is 0 Å². The number of fused-ring (bicyclic) bond motifs is 2. The Morgan fingerprint density at radius 1 is 1.00 bits per heavy atom. The highest BCUT2D eigenvalue weighted by molar-refractivity contribution is 5.84. The van der Waals surface area contributed by atoms with Crippen LogP contribution in [0.1, 0.15) is 67.4 Å². The second-order valence-electron chi connectivity index (χ2n) is 6.30. The van der Waals surface area contributed by atoms with E-state index in [9.17, 15) is 5.11 Å². The van der Waals surface area contributed by atoms with Crippen LogP contribution >= 0.6 is 0 Å². The molecular formula is C18H21NO. The third-order valence-corrected chi connectivity index (χ3v) is 5.05. The zero-order valence-corrected chi connectivity index (χ0v) is 11.8. The Kier molecular flexibility index (Phi) is 2.99. The predicted octanol–water partition coefficient (Wildman–Crippen LogP) is 4.26. The molecule has 0 bridgehead atoms. The van der Waals surface area contributed by atoms with Crippen LogP contribution in [0.15, 0.2) is 24.3 Å². The maximum absolute atomic E-state index is 10.3. The largest absolute Gasteiger partial charge is 0.387 e. The molecule has 4 rings (SSSR count). The summed E-state index contributed by atoms with van der Waals surface area (Å²) in [5, 5.41) is 11.7. The van der Waals surface area contributed by atoms with Crippen molar-refractivity contribution < 1.29 is 5.11 Å². The second-order valence-corrected chi connectivity index (χ2v) is 6.30. The van der Waals surface area contributed by atoms with Crippen LogP contribution in [0.5, 0.6) is 0 Å². The molecule has 0 radical (unpaired) electrons. The van der Waals surface area contributed by atoms with Crippen molar-refractivity contribution in [3.63, 3.8) is 0 Å². The number of nitrogens with zero attached hydrogens (tertiary/aromatic N) is 1. The summed E-state index contributed by atoms with van der Waals surface area (Å²) in [5.41, 5.74) is 4.92. The number of hydrogen-bond donors (Lipinski definition) is 1. The van der Waals surface area contributed by atoms with Crippen LogP contribution in [-0.4, -0.2) is 10.1 Å². The van der Waals surface area contributed by atoms with Gasteiger partial charge in [0.05, 0.1) is 17.3 Å². The molecule has 1 atom stereocenters. The summed E-state index contributed by atoms with van der Waals surface area (Å²) in [4.78, 5) is 4.78. The second kappa shape index (κ2) is 4.85. The lowest BCUT2D eigenvalue weighted by Gasteiger charge is -2.27. The Labute approximate surface area is 119 Å². The van der Waals surface area contributed by atoms with E-state index in [1.165, 1.54) is 42.2 Å². The van der Waals surface area contributed by atoms with Gasteiger partial charge >= 0.3 is 0 Å². The van der Waals surface area contributed by atoms with Gasteiger partial charge in [-0.05, 0) is 55.2 Å². The molecule has 1 unspecified atom stereocenters. The Bertz CT molecular complexity index is 643. The maximum atomic E-state index is 10.3. The molecule has 0 aliphatic heterocycles. The van der Waals surface area contributed by atoms with Crippen molar-refractivity contribution in [3.8, 4) is 0 Å². The van der Waals surface area contributed by atoms with E-state index in [2.05, 4.69) is 24.3 Å². The molecule has 1 fully saturated rings. The van der Waals surface area contributed by atoms with Crippen LogP contribution < -0.4 is 0 Å². The van der Waals surface area contributed by atoms with E-state index in [4.69, 9.17) is 4.98 Å². The highest BCUT2D eigenvalue weighted by Crippen LogP contribution is 2.43. The molecule has 2 aliphatic rings. The van der Waals surface area contributed by atoms with E-state index in [0.717, 1.165) is 30.5 Å². The van der Waals surface area contributed by atoms with Gasteiger partial charge in [-0.2, -0.15) is 0 Å². The molecule has 20 heavy (non-hydrogen) atoms. The summed E-state index contributed by atoms with van der Waals surface area (Å²) in [6.45, 7) is 0. The standard InChI is InChI=1S/C18H21NO/c20-16-11-5-9-14-17(12-6-1-2-7-12)13-8-3-4-10-15(13)19-18(14)16/h3-4,8,10,12,16,20H,1-2,5-7,9,11H2. The van der Waals surface area contributed by atoms with Gasteiger partial charge < -0.3 is 5.11 Å². The molecule has 2 heteroatoms. The molecule has 1 aromatic heterocycles. The molecule has 0 amide bonds. The molecule has 1 aromatic carbocycles. The van der Waals surface area contributed by atoms with E-state index in [1.807, 2.05) is 0 Å². The zero-order valence-electron chi connectivity index (χ0n) is 11.8. The number of benzene rings is 1. The Hall–Kier alpha value is -1.41. The van der Waals surface area contributed by atoms with Gasteiger partial charge in [-0.3, -0.25) is 0 Å². The van der Waals surface area contributed by atoms with Crippen LogP contribution in [0.4, 0.5) is 0 Å². The minimum atomic E-state index is -0.358. The smallest absolute Gasteiger partial charge is 0.0963 e.